The summed E-state index contributed by atoms with van der Waals surface area (Å²) in [5, 5.41) is 11.3. The van der Waals surface area contributed by atoms with Crippen LogP contribution in [-0.2, 0) is 11.2 Å². The van der Waals surface area contributed by atoms with Crippen LogP contribution in [0.25, 0.3) is 15.7 Å². The Morgan fingerprint density at radius 1 is 1.48 bits per heavy atom. The lowest BCUT2D eigenvalue weighted by Gasteiger charge is -2.03. The molecule has 0 saturated carbocycles. The zero-order chi connectivity index (χ0) is 14.7. The first-order chi connectivity index (χ1) is 10.3. The summed E-state index contributed by atoms with van der Waals surface area (Å²) in [4.78, 5) is 17.7. The quantitative estimate of drug-likeness (QED) is 0.784. The van der Waals surface area contributed by atoms with Crippen molar-refractivity contribution in [3.8, 4) is 10.7 Å². The molecule has 0 fully saturated rings. The van der Waals surface area contributed by atoms with Gasteiger partial charge in [-0.05, 0) is 18.4 Å². The van der Waals surface area contributed by atoms with Crippen LogP contribution < -0.4 is 5.32 Å². The van der Waals surface area contributed by atoms with E-state index in [-0.39, 0.29) is 6.09 Å². The molecular weight excluding hydrogens is 308 g/mol. The maximum absolute atomic E-state index is 11.2. The number of thiophene rings is 1. The second-order valence-electron chi connectivity index (χ2n) is 4.23. The van der Waals surface area contributed by atoms with Crippen molar-refractivity contribution in [2.45, 2.75) is 13.3 Å². The van der Waals surface area contributed by atoms with E-state index >= 15 is 0 Å². The summed E-state index contributed by atoms with van der Waals surface area (Å²) in [7, 11) is 0. The lowest BCUT2D eigenvalue weighted by Crippen LogP contribution is -2.26. The van der Waals surface area contributed by atoms with Gasteiger partial charge in [-0.2, -0.15) is 4.98 Å². The smallest absolute Gasteiger partial charge is 0.407 e. The van der Waals surface area contributed by atoms with Crippen molar-refractivity contribution in [3.05, 3.63) is 28.6 Å². The van der Waals surface area contributed by atoms with E-state index in [2.05, 4.69) is 15.4 Å². The molecule has 3 aromatic heterocycles. The van der Waals surface area contributed by atoms with Crippen LogP contribution in [0.15, 0.2) is 22.9 Å². The Balaban J connectivity index is 1.70. The van der Waals surface area contributed by atoms with Crippen molar-refractivity contribution in [2.24, 2.45) is 0 Å². The molecule has 3 aromatic rings. The predicted molar refractivity (Wildman–Crippen MR) is 82.9 cm³/mol. The number of fused-ring (bicyclic) bond motifs is 1. The molecule has 0 spiro atoms. The van der Waals surface area contributed by atoms with Crippen LogP contribution >= 0.6 is 22.7 Å². The molecule has 0 aliphatic rings. The lowest BCUT2D eigenvalue weighted by atomic mass is 10.3. The third-order valence-electron chi connectivity index (χ3n) is 2.82. The number of thiazole rings is 1. The highest BCUT2D eigenvalue weighted by atomic mass is 32.1. The molecule has 8 heteroatoms. The lowest BCUT2D eigenvalue weighted by molar-refractivity contribution is 0.152. The highest BCUT2D eigenvalue weighted by Gasteiger charge is 2.12. The zero-order valence-electron chi connectivity index (χ0n) is 11.4. The minimum Gasteiger partial charge on any atom is -0.450 e. The van der Waals surface area contributed by atoms with Crippen molar-refractivity contribution in [1.29, 1.82) is 0 Å². The predicted octanol–water partition coefficient (Wildman–Crippen LogP) is 2.81. The van der Waals surface area contributed by atoms with Crippen LogP contribution in [0.4, 0.5) is 4.79 Å². The molecule has 0 bridgehead atoms. The summed E-state index contributed by atoms with van der Waals surface area (Å²) >= 11 is 3.17. The number of nitrogens with zero attached hydrogens (tertiary/aromatic N) is 3. The van der Waals surface area contributed by atoms with Gasteiger partial charge in [-0.25, -0.2) is 9.31 Å². The first-order valence-electron chi connectivity index (χ1n) is 6.55. The number of hydrogen-bond donors (Lipinski definition) is 1. The highest BCUT2D eigenvalue weighted by molar-refractivity contribution is 7.15. The first kappa shape index (κ1) is 14.0. The third-order valence-corrected chi connectivity index (χ3v) is 4.55. The van der Waals surface area contributed by atoms with Crippen LogP contribution in [0, 0.1) is 0 Å². The van der Waals surface area contributed by atoms with E-state index in [1.807, 2.05) is 27.4 Å². The van der Waals surface area contributed by atoms with Gasteiger partial charge in [0.25, 0.3) is 0 Å². The second kappa shape index (κ2) is 6.23. The van der Waals surface area contributed by atoms with Gasteiger partial charge in [0, 0.05) is 18.3 Å². The normalized spacial score (nSPS) is 10.9. The molecule has 0 radical (unpaired) electrons. The van der Waals surface area contributed by atoms with Gasteiger partial charge < -0.3 is 10.1 Å². The van der Waals surface area contributed by atoms with Crippen LogP contribution in [0.5, 0.6) is 0 Å². The Kier molecular flexibility index (Phi) is 4.16. The summed E-state index contributed by atoms with van der Waals surface area (Å²) in [6, 6.07) is 3.99. The van der Waals surface area contributed by atoms with Crippen LogP contribution in [0.2, 0.25) is 0 Å². The number of aromatic nitrogens is 3. The number of carbonyl (C=O) groups excluding carboxylic acids is 1. The van der Waals surface area contributed by atoms with Crippen molar-refractivity contribution < 1.29 is 9.53 Å². The molecule has 0 saturated heterocycles. The van der Waals surface area contributed by atoms with Crippen LogP contribution in [-0.4, -0.2) is 33.8 Å². The molecule has 1 N–H and O–H groups in total. The molecule has 0 atom stereocenters. The number of nitrogens with one attached hydrogen (secondary N) is 1. The maximum Gasteiger partial charge on any atom is 0.407 e. The molecule has 0 unspecified atom stereocenters. The molecular formula is C13H14N4O2S2. The molecule has 0 aliphatic heterocycles. The fourth-order valence-electron chi connectivity index (χ4n) is 1.88. The molecule has 6 nitrogen and oxygen atoms in total. The number of alkyl carbamates (subject to hydrolysis) is 1. The molecule has 0 aromatic carbocycles. The Hall–Kier alpha value is -1.93. The Morgan fingerprint density at radius 2 is 2.38 bits per heavy atom. The molecule has 3 heterocycles. The minimum atomic E-state index is -0.387. The van der Waals surface area contributed by atoms with Crippen LogP contribution in [0.1, 0.15) is 12.6 Å². The number of ether oxygens (including phenoxy) is 1. The van der Waals surface area contributed by atoms with E-state index in [9.17, 15) is 4.79 Å². The van der Waals surface area contributed by atoms with Crippen molar-refractivity contribution in [1.82, 2.24) is 19.9 Å². The van der Waals surface area contributed by atoms with E-state index in [0.29, 0.717) is 19.6 Å². The van der Waals surface area contributed by atoms with E-state index in [0.717, 1.165) is 21.4 Å². The average molecular weight is 322 g/mol. The SMILES string of the molecule is CCOC(=O)NCCc1csc2nc(-c3cccs3)nn12. The Morgan fingerprint density at radius 3 is 3.14 bits per heavy atom. The van der Waals surface area contributed by atoms with E-state index in [1.165, 1.54) is 0 Å². The van der Waals surface area contributed by atoms with Gasteiger partial charge in [0.2, 0.25) is 4.96 Å². The Bertz CT molecular complexity index is 733. The minimum absolute atomic E-state index is 0.377. The summed E-state index contributed by atoms with van der Waals surface area (Å²) in [6.45, 7) is 2.67. The van der Waals surface area contributed by atoms with E-state index in [4.69, 9.17) is 4.74 Å². The number of amides is 1. The third kappa shape index (κ3) is 3.06. The van der Waals surface area contributed by atoms with Gasteiger partial charge in [0.15, 0.2) is 5.82 Å². The Labute approximate surface area is 129 Å². The van der Waals surface area contributed by atoms with Gasteiger partial charge in [0.05, 0.1) is 17.2 Å². The second-order valence-corrected chi connectivity index (χ2v) is 6.02. The largest absolute Gasteiger partial charge is 0.450 e. The number of rotatable bonds is 5. The van der Waals surface area contributed by atoms with Gasteiger partial charge in [0.1, 0.15) is 0 Å². The molecule has 1 amide bonds. The fourth-order valence-corrected chi connectivity index (χ4v) is 3.39. The standard InChI is InChI=1S/C13H14N4O2S2/c1-2-19-13(18)14-6-5-9-8-21-12-15-11(16-17(9)12)10-4-3-7-20-10/h3-4,7-8H,2,5-6H2,1H3,(H,14,18). The summed E-state index contributed by atoms with van der Waals surface area (Å²) < 4.78 is 6.66. The monoisotopic (exact) mass is 322 g/mol. The highest BCUT2D eigenvalue weighted by Crippen LogP contribution is 2.24. The zero-order valence-corrected chi connectivity index (χ0v) is 13.0. The summed E-state index contributed by atoms with van der Waals surface area (Å²) in [6.07, 6.45) is 0.299. The average Bonchev–Trinajstić information content (AvgIpc) is 3.15. The molecule has 3 rings (SSSR count). The van der Waals surface area contributed by atoms with Gasteiger partial charge in [-0.15, -0.1) is 27.8 Å². The molecule has 110 valence electrons. The number of carbonyl (C=O) groups is 1. The topological polar surface area (TPSA) is 68.5 Å². The van der Waals surface area contributed by atoms with Crippen LogP contribution in [0.3, 0.4) is 0 Å². The van der Waals surface area contributed by atoms with Gasteiger partial charge in [-0.1, -0.05) is 6.07 Å². The fraction of sp³-hybridized carbons (Fsp3) is 0.308. The van der Waals surface area contributed by atoms with Crippen molar-refractivity contribution in [2.75, 3.05) is 13.2 Å². The van der Waals surface area contributed by atoms with E-state index in [1.54, 1.807) is 29.6 Å². The summed E-state index contributed by atoms with van der Waals surface area (Å²) in [5.74, 6) is 0.747. The van der Waals surface area contributed by atoms with E-state index < -0.39 is 0 Å². The first-order valence-corrected chi connectivity index (χ1v) is 8.31. The van der Waals surface area contributed by atoms with Crippen molar-refractivity contribution >= 4 is 33.7 Å². The van der Waals surface area contributed by atoms with Crippen molar-refractivity contribution in [3.63, 3.8) is 0 Å². The van der Waals surface area contributed by atoms with Gasteiger partial charge >= 0.3 is 6.09 Å². The summed E-state index contributed by atoms with van der Waals surface area (Å²) in [5.41, 5.74) is 1.03. The molecule has 0 aliphatic carbocycles. The van der Waals surface area contributed by atoms with Gasteiger partial charge in [-0.3, -0.25) is 0 Å². The maximum atomic E-state index is 11.2. The number of hydrogen-bond acceptors (Lipinski definition) is 6. The molecule has 21 heavy (non-hydrogen) atoms.